The standard InChI is InChI=1S/C20H30O5/c1-12-4-7-16-19(2,9-8-17(23)20(16,3)11-21)14(12)6-5-13-15(22)10-25-18(13)24/h5,14-17,21-23H,1,4,6-11H2,2-3H3/b13-5+/t14-,15-,16+,17-,19-,20+/m1/s1. The highest BCUT2D eigenvalue weighted by molar-refractivity contribution is 5.91. The van der Waals surface area contributed by atoms with E-state index in [4.69, 9.17) is 4.74 Å². The Balaban J connectivity index is 1.89. The summed E-state index contributed by atoms with van der Waals surface area (Å²) in [6.45, 7) is 8.50. The summed E-state index contributed by atoms with van der Waals surface area (Å²) in [7, 11) is 0. The van der Waals surface area contributed by atoms with E-state index in [9.17, 15) is 20.1 Å². The molecule has 0 radical (unpaired) electrons. The van der Waals surface area contributed by atoms with E-state index in [0.717, 1.165) is 24.8 Å². The lowest BCUT2D eigenvalue weighted by Crippen LogP contribution is -2.57. The molecule has 140 valence electrons. The molecule has 3 N–H and O–H groups in total. The van der Waals surface area contributed by atoms with Crippen LogP contribution in [-0.4, -0.2) is 46.7 Å². The van der Waals surface area contributed by atoms with Gasteiger partial charge >= 0.3 is 5.97 Å². The number of rotatable bonds is 3. The Hall–Kier alpha value is -1.17. The van der Waals surface area contributed by atoms with E-state index >= 15 is 0 Å². The summed E-state index contributed by atoms with van der Waals surface area (Å²) < 4.78 is 4.90. The third kappa shape index (κ3) is 2.86. The van der Waals surface area contributed by atoms with Crippen LogP contribution in [0.2, 0.25) is 0 Å². The number of aliphatic hydroxyl groups is 3. The van der Waals surface area contributed by atoms with Crippen LogP contribution in [0.1, 0.15) is 46.0 Å². The van der Waals surface area contributed by atoms with Crippen molar-refractivity contribution in [1.82, 2.24) is 0 Å². The molecule has 0 aromatic heterocycles. The summed E-state index contributed by atoms with van der Waals surface area (Å²) in [5, 5.41) is 30.4. The van der Waals surface area contributed by atoms with Gasteiger partial charge in [-0.1, -0.05) is 32.1 Å². The average molecular weight is 350 g/mol. The number of hydrogen-bond acceptors (Lipinski definition) is 5. The summed E-state index contributed by atoms with van der Waals surface area (Å²) in [6, 6.07) is 0. The molecule has 25 heavy (non-hydrogen) atoms. The molecule has 3 rings (SSSR count). The second-order valence-corrected chi connectivity index (χ2v) is 8.54. The quantitative estimate of drug-likeness (QED) is 0.411. The first kappa shape index (κ1) is 18.6. The highest BCUT2D eigenvalue weighted by atomic mass is 16.6. The molecular formula is C20H30O5. The number of carbonyl (C=O) groups excluding carboxylic acids is 1. The normalized spacial score (nSPS) is 46.2. The van der Waals surface area contributed by atoms with Crippen molar-refractivity contribution in [2.45, 2.75) is 58.2 Å². The minimum atomic E-state index is -0.844. The molecule has 1 heterocycles. The van der Waals surface area contributed by atoms with Gasteiger partial charge in [-0.2, -0.15) is 0 Å². The highest BCUT2D eigenvalue weighted by Gasteiger charge is 2.57. The number of ether oxygens (including phenoxy) is 1. The fraction of sp³-hybridized carbons (Fsp3) is 0.750. The SMILES string of the molecule is C=C1CC[C@@H]2[C@](C)(CO)[C@H](O)CC[C@]2(C)[C@@H]1C/C=C1/C(=O)OC[C@H]1O. The monoisotopic (exact) mass is 350 g/mol. The fourth-order valence-electron chi connectivity index (χ4n) is 5.56. The van der Waals surface area contributed by atoms with Gasteiger partial charge in [-0.05, 0) is 49.4 Å². The van der Waals surface area contributed by atoms with Gasteiger partial charge in [0.1, 0.15) is 12.7 Å². The Bertz CT molecular complexity index is 597. The predicted molar refractivity (Wildman–Crippen MR) is 93.6 cm³/mol. The van der Waals surface area contributed by atoms with Crippen LogP contribution in [-0.2, 0) is 9.53 Å². The van der Waals surface area contributed by atoms with Gasteiger partial charge in [0.15, 0.2) is 0 Å². The van der Waals surface area contributed by atoms with Gasteiger partial charge in [0.25, 0.3) is 0 Å². The third-order valence-corrected chi connectivity index (χ3v) is 7.23. The summed E-state index contributed by atoms with van der Waals surface area (Å²) >= 11 is 0. The lowest BCUT2D eigenvalue weighted by molar-refractivity contribution is -0.151. The van der Waals surface area contributed by atoms with Crippen molar-refractivity contribution in [3.8, 4) is 0 Å². The Morgan fingerprint density at radius 1 is 1.32 bits per heavy atom. The largest absolute Gasteiger partial charge is 0.459 e. The first-order valence-electron chi connectivity index (χ1n) is 9.26. The number of hydrogen-bond donors (Lipinski definition) is 3. The number of esters is 1. The number of allylic oxidation sites excluding steroid dienone is 2. The number of cyclic esters (lactones) is 1. The Labute approximate surface area is 149 Å². The minimum absolute atomic E-state index is 0.0280. The minimum Gasteiger partial charge on any atom is -0.459 e. The zero-order chi connectivity index (χ0) is 18.4. The van der Waals surface area contributed by atoms with Gasteiger partial charge in [-0.3, -0.25) is 0 Å². The number of carbonyl (C=O) groups is 1. The van der Waals surface area contributed by atoms with Crippen LogP contribution in [0.25, 0.3) is 0 Å². The summed E-state index contributed by atoms with van der Waals surface area (Å²) in [5.41, 5.74) is 0.911. The Morgan fingerprint density at radius 2 is 2.04 bits per heavy atom. The molecule has 0 spiro atoms. The molecule has 0 bridgehead atoms. The smallest absolute Gasteiger partial charge is 0.336 e. The summed E-state index contributed by atoms with van der Waals surface area (Å²) in [4.78, 5) is 11.8. The van der Waals surface area contributed by atoms with Gasteiger partial charge < -0.3 is 20.1 Å². The first-order valence-corrected chi connectivity index (χ1v) is 9.26. The number of fused-ring (bicyclic) bond motifs is 1. The van der Waals surface area contributed by atoms with Crippen molar-refractivity contribution in [1.29, 1.82) is 0 Å². The van der Waals surface area contributed by atoms with Crippen molar-refractivity contribution < 1.29 is 24.9 Å². The first-order chi connectivity index (χ1) is 11.7. The van der Waals surface area contributed by atoms with Crippen LogP contribution < -0.4 is 0 Å². The maximum Gasteiger partial charge on any atom is 0.336 e. The van der Waals surface area contributed by atoms with Crippen molar-refractivity contribution in [3.05, 3.63) is 23.8 Å². The zero-order valence-corrected chi connectivity index (χ0v) is 15.2. The van der Waals surface area contributed by atoms with E-state index < -0.39 is 23.6 Å². The highest BCUT2D eigenvalue weighted by Crippen LogP contribution is 2.61. The van der Waals surface area contributed by atoms with Gasteiger partial charge in [-0.25, -0.2) is 4.79 Å². The Kier molecular flexibility index (Phi) is 4.86. The molecule has 0 aromatic carbocycles. The average Bonchev–Trinajstić information content (AvgIpc) is 2.89. The molecular weight excluding hydrogens is 320 g/mol. The van der Waals surface area contributed by atoms with E-state index in [-0.39, 0.29) is 30.5 Å². The molecule has 0 aromatic rings. The molecule has 0 amide bonds. The van der Waals surface area contributed by atoms with E-state index in [1.54, 1.807) is 0 Å². The van der Waals surface area contributed by atoms with Crippen molar-refractivity contribution in [2.75, 3.05) is 13.2 Å². The van der Waals surface area contributed by atoms with Crippen LogP contribution in [0.15, 0.2) is 23.8 Å². The molecule has 5 heteroatoms. The van der Waals surface area contributed by atoms with Crippen LogP contribution in [0, 0.1) is 22.7 Å². The Morgan fingerprint density at radius 3 is 2.64 bits per heavy atom. The molecule has 0 unspecified atom stereocenters. The molecule has 2 saturated carbocycles. The number of aliphatic hydroxyl groups excluding tert-OH is 3. The lowest BCUT2D eigenvalue weighted by atomic mass is 9.46. The summed E-state index contributed by atoms with van der Waals surface area (Å²) in [5.74, 6) is -0.0734. The van der Waals surface area contributed by atoms with Crippen molar-refractivity contribution in [2.24, 2.45) is 22.7 Å². The molecule has 1 aliphatic heterocycles. The van der Waals surface area contributed by atoms with Gasteiger partial charge in [0.2, 0.25) is 0 Å². The van der Waals surface area contributed by atoms with E-state index in [2.05, 4.69) is 13.5 Å². The maximum atomic E-state index is 11.8. The van der Waals surface area contributed by atoms with Crippen LogP contribution in [0.3, 0.4) is 0 Å². The van der Waals surface area contributed by atoms with Crippen LogP contribution >= 0.6 is 0 Å². The molecule has 3 aliphatic rings. The maximum absolute atomic E-state index is 11.8. The topological polar surface area (TPSA) is 87.0 Å². The van der Waals surface area contributed by atoms with Gasteiger partial charge in [0, 0.05) is 5.41 Å². The van der Waals surface area contributed by atoms with Gasteiger partial charge in [-0.15, -0.1) is 0 Å². The van der Waals surface area contributed by atoms with Crippen molar-refractivity contribution in [3.63, 3.8) is 0 Å². The van der Waals surface area contributed by atoms with Crippen LogP contribution in [0.5, 0.6) is 0 Å². The van der Waals surface area contributed by atoms with Crippen LogP contribution in [0.4, 0.5) is 0 Å². The van der Waals surface area contributed by atoms with E-state index in [1.807, 2.05) is 13.0 Å². The second kappa shape index (κ2) is 6.53. The summed E-state index contributed by atoms with van der Waals surface area (Å²) in [6.07, 6.45) is 4.42. The fourth-order valence-corrected chi connectivity index (χ4v) is 5.56. The molecule has 1 saturated heterocycles. The molecule has 5 nitrogen and oxygen atoms in total. The molecule has 3 fully saturated rings. The second-order valence-electron chi connectivity index (χ2n) is 8.54. The van der Waals surface area contributed by atoms with E-state index in [1.165, 1.54) is 0 Å². The zero-order valence-electron chi connectivity index (χ0n) is 15.2. The third-order valence-electron chi connectivity index (χ3n) is 7.23. The molecule has 2 aliphatic carbocycles. The van der Waals surface area contributed by atoms with Gasteiger partial charge in [0.05, 0.1) is 18.3 Å². The predicted octanol–water partition coefficient (Wildman–Crippen LogP) is 1.96. The van der Waals surface area contributed by atoms with E-state index in [0.29, 0.717) is 18.4 Å². The van der Waals surface area contributed by atoms with Crippen molar-refractivity contribution >= 4 is 5.97 Å². The molecule has 6 atom stereocenters. The lowest BCUT2D eigenvalue weighted by Gasteiger charge is -2.59.